The van der Waals surface area contributed by atoms with E-state index in [0.717, 1.165) is 23.3 Å². The standard InChI is InChI=1S/C19H16F2N4O/c1-12-5-2-3-6-13(12)9-23-17-11-22-16(10-24-17)19(26)25-18-14(20)7-4-8-15(18)21/h2-8,10-11H,9H2,1H3,(H,23,24)(H,25,26). The first-order valence-corrected chi connectivity index (χ1v) is 7.90. The van der Waals surface area contributed by atoms with Gasteiger partial charge in [0.1, 0.15) is 28.8 Å². The second-order valence-electron chi connectivity index (χ2n) is 5.62. The highest BCUT2D eigenvalue weighted by Gasteiger charge is 2.14. The number of aromatic nitrogens is 2. The second-order valence-corrected chi connectivity index (χ2v) is 5.62. The molecule has 0 atom stereocenters. The van der Waals surface area contributed by atoms with Gasteiger partial charge in [-0.05, 0) is 30.2 Å². The zero-order valence-corrected chi connectivity index (χ0v) is 14.0. The molecule has 0 spiro atoms. The van der Waals surface area contributed by atoms with Crippen LogP contribution in [-0.2, 0) is 6.54 Å². The molecule has 3 rings (SSSR count). The first-order chi connectivity index (χ1) is 12.5. The predicted molar refractivity (Wildman–Crippen MR) is 94.8 cm³/mol. The van der Waals surface area contributed by atoms with Crippen molar-refractivity contribution in [2.75, 3.05) is 10.6 Å². The lowest BCUT2D eigenvalue weighted by Crippen LogP contribution is -2.16. The average molecular weight is 354 g/mol. The molecule has 0 saturated heterocycles. The molecular formula is C19H16F2N4O. The van der Waals surface area contributed by atoms with Crippen LogP contribution in [0.4, 0.5) is 20.3 Å². The van der Waals surface area contributed by atoms with Crippen LogP contribution in [0.3, 0.4) is 0 Å². The van der Waals surface area contributed by atoms with Crippen LogP contribution in [0.1, 0.15) is 21.6 Å². The van der Waals surface area contributed by atoms with Crippen molar-refractivity contribution in [1.29, 1.82) is 0 Å². The Morgan fingerprint density at radius 3 is 2.38 bits per heavy atom. The first-order valence-electron chi connectivity index (χ1n) is 7.90. The number of halogens is 2. The third-order valence-corrected chi connectivity index (χ3v) is 3.81. The monoisotopic (exact) mass is 354 g/mol. The fourth-order valence-corrected chi connectivity index (χ4v) is 2.33. The Morgan fingerprint density at radius 1 is 1.00 bits per heavy atom. The van der Waals surface area contributed by atoms with Crippen LogP contribution in [0, 0.1) is 18.6 Å². The van der Waals surface area contributed by atoms with Crippen LogP contribution < -0.4 is 10.6 Å². The Morgan fingerprint density at radius 2 is 1.73 bits per heavy atom. The van der Waals surface area contributed by atoms with E-state index < -0.39 is 23.2 Å². The van der Waals surface area contributed by atoms with Crippen molar-refractivity contribution < 1.29 is 13.6 Å². The van der Waals surface area contributed by atoms with Gasteiger partial charge in [-0.3, -0.25) is 4.79 Å². The summed E-state index contributed by atoms with van der Waals surface area (Å²) in [5, 5.41) is 5.28. The zero-order chi connectivity index (χ0) is 18.5. The number of nitrogens with one attached hydrogen (secondary N) is 2. The number of benzene rings is 2. The maximum atomic E-state index is 13.6. The molecular weight excluding hydrogens is 338 g/mol. The smallest absolute Gasteiger partial charge is 0.276 e. The fourth-order valence-electron chi connectivity index (χ4n) is 2.33. The van der Waals surface area contributed by atoms with Gasteiger partial charge in [0.25, 0.3) is 5.91 Å². The van der Waals surface area contributed by atoms with Crippen molar-refractivity contribution in [3.63, 3.8) is 0 Å². The highest BCUT2D eigenvalue weighted by molar-refractivity contribution is 6.02. The Hall–Kier alpha value is -3.35. The fraction of sp³-hybridized carbons (Fsp3) is 0.105. The summed E-state index contributed by atoms with van der Waals surface area (Å²) < 4.78 is 27.2. The molecule has 0 aliphatic rings. The van der Waals surface area contributed by atoms with Gasteiger partial charge in [0, 0.05) is 6.54 Å². The van der Waals surface area contributed by atoms with Gasteiger partial charge >= 0.3 is 0 Å². The molecule has 0 unspecified atom stereocenters. The number of para-hydroxylation sites is 1. The van der Waals surface area contributed by atoms with Gasteiger partial charge in [-0.2, -0.15) is 0 Å². The summed E-state index contributed by atoms with van der Waals surface area (Å²) in [4.78, 5) is 20.2. The molecule has 132 valence electrons. The minimum Gasteiger partial charge on any atom is -0.365 e. The Bertz CT molecular complexity index is 909. The summed E-state index contributed by atoms with van der Waals surface area (Å²) in [5.41, 5.74) is 1.71. The third-order valence-electron chi connectivity index (χ3n) is 3.81. The lowest BCUT2D eigenvalue weighted by molar-refractivity contribution is 0.102. The van der Waals surface area contributed by atoms with Crippen molar-refractivity contribution >= 4 is 17.4 Å². The maximum absolute atomic E-state index is 13.6. The number of anilines is 2. The summed E-state index contributed by atoms with van der Waals surface area (Å²) in [5.74, 6) is -1.97. The molecule has 0 bridgehead atoms. The van der Waals surface area contributed by atoms with E-state index in [2.05, 4.69) is 20.6 Å². The molecule has 0 fully saturated rings. The van der Waals surface area contributed by atoms with Crippen LogP contribution in [-0.4, -0.2) is 15.9 Å². The van der Waals surface area contributed by atoms with E-state index in [0.29, 0.717) is 12.4 Å². The minimum atomic E-state index is -0.858. The largest absolute Gasteiger partial charge is 0.365 e. The van der Waals surface area contributed by atoms with E-state index in [9.17, 15) is 13.6 Å². The molecule has 26 heavy (non-hydrogen) atoms. The zero-order valence-electron chi connectivity index (χ0n) is 14.0. The van der Waals surface area contributed by atoms with Crippen LogP contribution in [0.2, 0.25) is 0 Å². The normalized spacial score (nSPS) is 10.4. The molecule has 5 nitrogen and oxygen atoms in total. The summed E-state index contributed by atoms with van der Waals surface area (Å²) in [7, 11) is 0. The molecule has 1 aromatic heterocycles. The number of hydrogen-bond acceptors (Lipinski definition) is 4. The quantitative estimate of drug-likeness (QED) is 0.729. The SMILES string of the molecule is Cc1ccccc1CNc1cnc(C(=O)Nc2c(F)cccc2F)cn1. The molecule has 0 radical (unpaired) electrons. The van der Waals surface area contributed by atoms with Gasteiger partial charge in [0.2, 0.25) is 0 Å². The number of carbonyl (C=O) groups excluding carboxylic acids is 1. The summed E-state index contributed by atoms with van der Waals surface area (Å²) in [6.07, 6.45) is 2.64. The van der Waals surface area contributed by atoms with E-state index >= 15 is 0 Å². The molecule has 0 aliphatic carbocycles. The lowest BCUT2D eigenvalue weighted by Gasteiger charge is -2.09. The van der Waals surface area contributed by atoms with Crippen molar-refractivity contribution in [1.82, 2.24) is 9.97 Å². The van der Waals surface area contributed by atoms with Gasteiger partial charge < -0.3 is 10.6 Å². The number of hydrogen-bond donors (Lipinski definition) is 2. The molecule has 2 aromatic carbocycles. The number of nitrogens with zero attached hydrogens (tertiary/aromatic N) is 2. The van der Waals surface area contributed by atoms with E-state index in [4.69, 9.17) is 0 Å². The molecule has 2 N–H and O–H groups in total. The molecule has 1 heterocycles. The van der Waals surface area contributed by atoms with Crippen LogP contribution in [0.5, 0.6) is 0 Å². The number of rotatable bonds is 5. The Kier molecular flexibility index (Phi) is 5.17. The Balaban J connectivity index is 1.65. The topological polar surface area (TPSA) is 66.9 Å². The van der Waals surface area contributed by atoms with Crippen LogP contribution in [0.25, 0.3) is 0 Å². The average Bonchev–Trinajstić information content (AvgIpc) is 2.64. The van der Waals surface area contributed by atoms with Gasteiger partial charge in [-0.25, -0.2) is 18.7 Å². The van der Waals surface area contributed by atoms with Gasteiger partial charge in [0.15, 0.2) is 0 Å². The summed E-state index contributed by atoms with van der Waals surface area (Å²) in [6.45, 7) is 2.57. The highest BCUT2D eigenvalue weighted by Crippen LogP contribution is 2.18. The molecule has 1 amide bonds. The van der Waals surface area contributed by atoms with Crippen LogP contribution in [0.15, 0.2) is 54.9 Å². The predicted octanol–water partition coefficient (Wildman–Crippen LogP) is 3.93. The van der Waals surface area contributed by atoms with Crippen molar-refractivity contribution in [3.8, 4) is 0 Å². The van der Waals surface area contributed by atoms with Crippen molar-refractivity contribution in [2.24, 2.45) is 0 Å². The van der Waals surface area contributed by atoms with Crippen LogP contribution >= 0.6 is 0 Å². The van der Waals surface area contributed by atoms with E-state index in [-0.39, 0.29) is 5.69 Å². The lowest BCUT2D eigenvalue weighted by atomic mass is 10.1. The maximum Gasteiger partial charge on any atom is 0.276 e. The van der Waals surface area contributed by atoms with E-state index in [1.54, 1.807) is 0 Å². The number of carbonyl (C=O) groups is 1. The van der Waals surface area contributed by atoms with E-state index in [1.165, 1.54) is 18.5 Å². The van der Waals surface area contributed by atoms with Crippen molar-refractivity contribution in [2.45, 2.75) is 13.5 Å². The number of amides is 1. The molecule has 0 saturated carbocycles. The van der Waals surface area contributed by atoms with Gasteiger partial charge in [0.05, 0.1) is 12.4 Å². The number of aryl methyl sites for hydroxylation is 1. The molecule has 0 aliphatic heterocycles. The van der Waals surface area contributed by atoms with Crippen molar-refractivity contribution in [3.05, 3.63) is 83.3 Å². The summed E-state index contributed by atoms with van der Waals surface area (Å²) >= 11 is 0. The minimum absolute atomic E-state index is 0.0471. The third kappa shape index (κ3) is 4.00. The summed E-state index contributed by atoms with van der Waals surface area (Å²) in [6, 6.07) is 11.3. The Labute approximate surface area is 149 Å². The van der Waals surface area contributed by atoms with Gasteiger partial charge in [-0.1, -0.05) is 30.3 Å². The van der Waals surface area contributed by atoms with E-state index in [1.807, 2.05) is 31.2 Å². The highest BCUT2D eigenvalue weighted by atomic mass is 19.1. The molecule has 3 aromatic rings. The van der Waals surface area contributed by atoms with Gasteiger partial charge in [-0.15, -0.1) is 0 Å². The molecule has 7 heteroatoms. The second kappa shape index (κ2) is 7.69. The first kappa shape index (κ1) is 17.5.